The van der Waals surface area contributed by atoms with E-state index in [1.54, 1.807) is 0 Å². The summed E-state index contributed by atoms with van der Waals surface area (Å²) < 4.78 is 0. The molecule has 0 radical (unpaired) electrons. The minimum Gasteiger partial charge on any atom is -0.256 e. The highest BCUT2D eigenvalue weighted by Gasteiger charge is 2.47. The Hall–Kier alpha value is -1.89. The number of para-hydroxylation sites is 1. The van der Waals surface area contributed by atoms with Gasteiger partial charge in [0.25, 0.3) is 0 Å². The predicted octanol–water partition coefficient (Wildman–Crippen LogP) is 5.03. The maximum Gasteiger partial charge on any atom is 0.0629 e. The van der Waals surface area contributed by atoms with Crippen molar-refractivity contribution in [3.05, 3.63) is 65.7 Å². The first kappa shape index (κ1) is 13.1. The normalized spacial score (nSPS) is 18.7. The molecule has 0 unspecified atom stereocenters. The second-order valence-electron chi connectivity index (χ2n) is 6.59. The Morgan fingerprint density at radius 2 is 1.10 bits per heavy atom. The highest BCUT2D eigenvalue weighted by Crippen LogP contribution is 2.47. The van der Waals surface area contributed by atoms with Gasteiger partial charge >= 0.3 is 0 Å². The fourth-order valence-corrected chi connectivity index (χ4v) is 3.52. The van der Waals surface area contributed by atoms with Gasteiger partial charge in [0.05, 0.1) is 5.69 Å². The summed E-state index contributed by atoms with van der Waals surface area (Å²) in [4.78, 5) is 4.99. The van der Waals surface area contributed by atoms with Crippen LogP contribution in [0, 0.1) is 0 Å². The minimum absolute atomic E-state index is 0.0179. The van der Waals surface area contributed by atoms with E-state index in [4.69, 9.17) is 4.99 Å². The van der Waals surface area contributed by atoms with Crippen LogP contribution in [0.4, 0.5) is 5.69 Å². The first-order chi connectivity index (χ1) is 9.44. The van der Waals surface area contributed by atoms with Crippen LogP contribution in [-0.2, 0) is 10.8 Å². The maximum atomic E-state index is 4.99. The highest BCUT2D eigenvalue weighted by atomic mass is 14.8. The summed E-state index contributed by atoms with van der Waals surface area (Å²) in [6.07, 6.45) is 0. The smallest absolute Gasteiger partial charge is 0.0629 e. The van der Waals surface area contributed by atoms with Gasteiger partial charge < -0.3 is 0 Å². The van der Waals surface area contributed by atoms with Crippen molar-refractivity contribution in [1.29, 1.82) is 0 Å². The van der Waals surface area contributed by atoms with Gasteiger partial charge in [-0.1, -0.05) is 70.2 Å². The molecule has 0 atom stereocenters. The maximum absolute atomic E-state index is 4.99. The van der Waals surface area contributed by atoms with Crippen LogP contribution in [0.3, 0.4) is 0 Å². The zero-order chi connectivity index (χ0) is 14.4. The summed E-state index contributed by atoms with van der Waals surface area (Å²) in [5, 5.41) is 0. The summed E-state index contributed by atoms with van der Waals surface area (Å²) in [6, 6.07) is 19.0. The van der Waals surface area contributed by atoms with Gasteiger partial charge in [-0.05, 0) is 23.3 Å². The van der Waals surface area contributed by atoms with Gasteiger partial charge in [0, 0.05) is 16.5 Å². The van der Waals surface area contributed by atoms with Gasteiger partial charge in [0.15, 0.2) is 0 Å². The van der Waals surface area contributed by atoms with E-state index >= 15 is 0 Å². The number of hydrogen-bond acceptors (Lipinski definition) is 1. The van der Waals surface area contributed by atoms with E-state index in [1.807, 2.05) is 18.2 Å². The SMILES string of the molecule is CC1(C)C(=Nc2ccccc2)C(C)(C)c2ccccc21. The molecular weight excluding hydrogens is 242 g/mol. The zero-order valence-corrected chi connectivity index (χ0v) is 12.6. The Kier molecular flexibility index (Phi) is 2.82. The molecule has 1 nitrogen and oxygen atoms in total. The Bertz CT molecular complexity index is 626. The van der Waals surface area contributed by atoms with Crippen LogP contribution in [0.25, 0.3) is 0 Å². The molecular formula is C19H21N. The lowest BCUT2D eigenvalue weighted by atomic mass is 9.79. The fourth-order valence-electron chi connectivity index (χ4n) is 3.52. The van der Waals surface area contributed by atoms with E-state index in [0.717, 1.165) is 5.69 Å². The molecule has 0 bridgehead atoms. The average Bonchev–Trinajstić information content (AvgIpc) is 2.59. The summed E-state index contributed by atoms with van der Waals surface area (Å²) in [6.45, 7) is 9.12. The van der Waals surface area contributed by atoms with Crippen LogP contribution in [0.15, 0.2) is 59.6 Å². The monoisotopic (exact) mass is 263 g/mol. The van der Waals surface area contributed by atoms with E-state index in [9.17, 15) is 0 Å². The molecule has 1 aliphatic rings. The lowest BCUT2D eigenvalue weighted by molar-refractivity contribution is 0.681. The van der Waals surface area contributed by atoms with Gasteiger partial charge in [-0.2, -0.15) is 0 Å². The van der Waals surface area contributed by atoms with Crippen molar-refractivity contribution < 1.29 is 0 Å². The van der Waals surface area contributed by atoms with E-state index in [-0.39, 0.29) is 10.8 Å². The molecule has 0 spiro atoms. The van der Waals surface area contributed by atoms with Crippen LogP contribution >= 0.6 is 0 Å². The molecule has 0 aliphatic heterocycles. The molecule has 2 aromatic rings. The molecule has 20 heavy (non-hydrogen) atoms. The number of rotatable bonds is 1. The van der Waals surface area contributed by atoms with Crippen molar-refractivity contribution in [2.24, 2.45) is 4.99 Å². The molecule has 0 heterocycles. The second kappa shape index (κ2) is 4.31. The topological polar surface area (TPSA) is 12.4 Å². The molecule has 1 aliphatic carbocycles. The van der Waals surface area contributed by atoms with E-state index in [0.29, 0.717) is 0 Å². The molecule has 0 saturated carbocycles. The predicted molar refractivity (Wildman–Crippen MR) is 86.0 cm³/mol. The Morgan fingerprint density at radius 1 is 0.650 bits per heavy atom. The lowest BCUT2D eigenvalue weighted by Gasteiger charge is -2.27. The van der Waals surface area contributed by atoms with Crippen molar-refractivity contribution in [2.45, 2.75) is 38.5 Å². The number of aliphatic imine (C=N–C) groups is 1. The van der Waals surface area contributed by atoms with Gasteiger partial charge in [-0.3, -0.25) is 4.99 Å². The standard InChI is InChI=1S/C19H21N/c1-18(2)15-12-8-9-13-16(15)19(3,4)17(18)20-14-10-6-5-7-11-14/h5-13H,1-4H3. The van der Waals surface area contributed by atoms with Crippen LogP contribution < -0.4 is 0 Å². The van der Waals surface area contributed by atoms with Gasteiger partial charge in [0.2, 0.25) is 0 Å². The van der Waals surface area contributed by atoms with Crippen LogP contribution in [0.1, 0.15) is 38.8 Å². The third-order valence-corrected chi connectivity index (χ3v) is 4.45. The second-order valence-corrected chi connectivity index (χ2v) is 6.59. The summed E-state index contributed by atoms with van der Waals surface area (Å²) in [5.74, 6) is 0. The van der Waals surface area contributed by atoms with Crippen molar-refractivity contribution in [1.82, 2.24) is 0 Å². The first-order valence-corrected chi connectivity index (χ1v) is 7.19. The van der Waals surface area contributed by atoms with Crippen molar-refractivity contribution in [3.63, 3.8) is 0 Å². The summed E-state index contributed by atoms with van der Waals surface area (Å²) in [7, 11) is 0. The van der Waals surface area contributed by atoms with Crippen LogP contribution in [0.2, 0.25) is 0 Å². The van der Waals surface area contributed by atoms with Crippen molar-refractivity contribution in [3.8, 4) is 0 Å². The number of benzene rings is 2. The first-order valence-electron chi connectivity index (χ1n) is 7.19. The van der Waals surface area contributed by atoms with Crippen molar-refractivity contribution in [2.75, 3.05) is 0 Å². The number of fused-ring (bicyclic) bond motifs is 1. The highest BCUT2D eigenvalue weighted by molar-refractivity contribution is 6.07. The zero-order valence-electron chi connectivity index (χ0n) is 12.6. The molecule has 102 valence electrons. The van der Waals surface area contributed by atoms with Crippen LogP contribution in [-0.4, -0.2) is 5.71 Å². The fraction of sp³-hybridized carbons (Fsp3) is 0.316. The van der Waals surface area contributed by atoms with Gasteiger partial charge in [-0.25, -0.2) is 0 Å². The van der Waals surface area contributed by atoms with Gasteiger partial charge in [-0.15, -0.1) is 0 Å². The van der Waals surface area contributed by atoms with Crippen molar-refractivity contribution >= 4 is 11.4 Å². The Morgan fingerprint density at radius 3 is 1.60 bits per heavy atom. The third-order valence-electron chi connectivity index (χ3n) is 4.45. The molecule has 0 fully saturated rings. The molecule has 0 N–H and O–H groups in total. The minimum atomic E-state index is -0.0179. The van der Waals surface area contributed by atoms with Crippen LogP contribution in [0.5, 0.6) is 0 Å². The molecule has 1 heteroatoms. The quantitative estimate of drug-likeness (QED) is 0.684. The average molecular weight is 263 g/mol. The lowest BCUT2D eigenvalue weighted by Crippen LogP contribution is -2.34. The number of nitrogens with zero attached hydrogens (tertiary/aromatic N) is 1. The van der Waals surface area contributed by atoms with E-state index < -0.39 is 0 Å². The Balaban J connectivity index is 2.21. The van der Waals surface area contributed by atoms with E-state index in [1.165, 1.54) is 16.8 Å². The molecule has 0 saturated heterocycles. The molecule has 0 aromatic heterocycles. The molecule has 3 rings (SSSR count). The largest absolute Gasteiger partial charge is 0.256 e. The summed E-state index contributed by atoms with van der Waals surface area (Å²) in [5.41, 5.74) is 5.06. The van der Waals surface area contributed by atoms with Gasteiger partial charge in [0.1, 0.15) is 0 Å². The Labute approximate surface area is 121 Å². The molecule has 2 aromatic carbocycles. The third kappa shape index (κ3) is 1.81. The number of hydrogen-bond donors (Lipinski definition) is 0. The summed E-state index contributed by atoms with van der Waals surface area (Å²) >= 11 is 0. The van der Waals surface area contributed by atoms with E-state index in [2.05, 4.69) is 64.1 Å². The molecule has 0 amide bonds.